The maximum atomic E-state index is 13.5. The molecule has 1 aromatic carbocycles. The Balaban J connectivity index is 2.03. The van der Waals surface area contributed by atoms with Gasteiger partial charge in [-0.3, -0.25) is 9.36 Å². The second kappa shape index (κ2) is 8.88. The Morgan fingerprint density at radius 1 is 1.25 bits per heavy atom. The van der Waals surface area contributed by atoms with E-state index in [0.717, 1.165) is 5.69 Å². The molecule has 1 aliphatic heterocycles. The number of para-hydroxylation sites is 1. The first-order valence-corrected chi connectivity index (χ1v) is 10.9. The van der Waals surface area contributed by atoms with Gasteiger partial charge >= 0.3 is 5.97 Å². The average molecular weight is 454 g/mol. The number of carbonyl (C=O) groups excluding carboxylic acids is 1. The zero-order valence-corrected chi connectivity index (χ0v) is 19.0. The van der Waals surface area contributed by atoms with E-state index in [2.05, 4.69) is 9.98 Å². The van der Waals surface area contributed by atoms with Crippen molar-refractivity contribution in [2.24, 2.45) is 4.99 Å². The van der Waals surface area contributed by atoms with E-state index in [0.29, 0.717) is 32.1 Å². The molecule has 0 amide bonds. The van der Waals surface area contributed by atoms with Crippen molar-refractivity contribution in [3.8, 4) is 11.5 Å². The number of ether oxygens (including phenoxy) is 3. The Hall–Kier alpha value is -3.59. The number of hydrogen-bond donors (Lipinski definition) is 1. The summed E-state index contributed by atoms with van der Waals surface area (Å²) in [4.78, 5) is 34.7. The van der Waals surface area contributed by atoms with Crippen LogP contribution in [0.3, 0.4) is 0 Å². The number of thiazole rings is 1. The van der Waals surface area contributed by atoms with E-state index in [9.17, 15) is 9.59 Å². The lowest BCUT2D eigenvalue weighted by Gasteiger charge is -2.26. The van der Waals surface area contributed by atoms with Crippen molar-refractivity contribution in [1.82, 2.24) is 9.55 Å². The molecule has 1 unspecified atom stereocenters. The monoisotopic (exact) mass is 453 g/mol. The molecular weight excluding hydrogens is 430 g/mol. The molecule has 3 heterocycles. The number of aromatic nitrogens is 2. The summed E-state index contributed by atoms with van der Waals surface area (Å²) in [6.07, 6.45) is 3.56. The lowest BCUT2D eigenvalue weighted by molar-refractivity contribution is -0.139. The summed E-state index contributed by atoms with van der Waals surface area (Å²) in [7, 11) is 3.06. The summed E-state index contributed by atoms with van der Waals surface area (Å²) >= 11 is 1.26. The number of H-pyrrole nitrogens is 1. The van der Waals surface area contributed by atoms with E-state index in [-0.39, 0.29) is 17.7 Å². The van der Waals surface area contributed by atoms with Crippen molar-refractivity contribution >= 4 is 23.4 Å². The van der Waals surface area contributed by atoms with E-state index in [1.54, 1.807) is 38.3 Å². The first-order chi connectivity index (χ1) is 15.5. The molecule has 0 fully saturated rings. The van der Waals surface area contributed by atoms with Gasteiger partial charge in [-0.25, -0.2) is 9.79 Å². The van der Waals surface area contributed by atoms with Crippen molar-refractivity contribution in [2.75, 3.05) is 20.8 Å². The minimum Gasteiger partial charge on any atom is -0.493 e. The lowest BCUT2D eigenvalue weighted by Crippen LogP contribution is -2.40. The number of carbonyl (C=O) groups is 1. The minimum absolute atomic E-state index is 0.203. The van der Waals surface area contributed by atoms with Crippen molar-refractivity contribution in [3.63, 3.8) is 0 Å². The van der Waals surface area contributed by atoms with Crippen LogP contribution in [0, 0.1) is 0 Å². The lowest BCUT2D eigenvalue weighted by atomic mass is 9.94. The number of hydrogen-bond acceptors (Lipinski definition) is 7. The molecule has 2 aromatic heterocycles. The van der Waals surface area contributed by atoms with Crippen LogP contribution >= 0.6 is 11.3 Å². The van der Waals surface area contributed by atoms with Crippen LogP contribution in [0.5, 0.6) is 11.5 Å². The quantitative estimate of drug-likeness (QED) is 0.577. The van der Waals surface area contributed by atoms with Crippen molar-refractivity contribution in [3.05, 3.63) is 78.7 Å². The molecule has 0 spiro atoms. The third-order valence-corrected chi connectivity index (χ3v) is 6.14. The summed E-state index contributed by atoms with van der Waals surface area (Å²) in [6, 6.07) is 8.32. The predicted octanol–water partition coefficient (Wildman–Crippen LogP) is 2.14. The van der Waals surface area contributed by atoms with E-state index in [1.807, 2.05) is 18.2 Å². The normalized spacial score (nSPS) is 15.9. The van der Waals surface area contributed by atoms with E-state index < -0.39 is 12.0 Å². The van der Waals surface area contributed by atoms with Gasteiger partial charge in [0, 0.05) is 17.5 Å². The first kappa shape index (κ1) is 21.6. The predicted molar refractivity (Wildman–Crippen MR) is 121 cm³/mol. The Morgan fingerprint density at radius 3 is 2.72 bits per heavy atom. The molecular formula is C23H23N3O5S. The topological polar surface area (TPSA) is 94.9 Å². The Labute approximate surface area is 188 Å². The van der Waals surface area contributed by atoms with Gasteiger partial charge in [-0.15, -0.1) is 0 Å². The van der Waals surface area contributed by atoms with Crippen molar-refractivity contribution < 1.29 is 19.0 Å². The number of benzene rings is 1. The Kier molecular flexibility index (Phi) is 6.00. The number of nitrogens with zero attached hydrogens (tertiary/aromatic N) is 2. The summed E-state index contributed by atoms with van der Waals surface area (Å²) in [5.74, 6) is 0.411. The van der Waals surface area contributed by atoms with Gasteiger partial charge in [-0.1, -0.05) is 23.5 Å². The van der Waals surface area contributed by atoms with Crippen LogP contribution in [0.2, 0.25) is 0 Å². The van der Waals surface area contributed by atoms with Gasteiger partial charge in [0.25, 0.3) is 5.56 Å². The smallest absolute Gasteiger partial charge is 0.338 e. The highest BCUT2D eigenvalue weighted by atomic mass is 32.1. The third kappa shape index (κ3) is 3.64. The fourth-order valence-electron chi connectivity index (χ4n) is 3.79. The third-order valence-electron chi connectivity index (χ3n) is 5.15. The maximum Gasteiger partial charge on any atom is 0.338 e. The van der Waals surface area contributed by atoms with Gasteiger partial charge in [-0.05, 0) is 38.1 Å². The fourth-order valence-corrected chi connectivity index (χ4v) is 4.83. The molecule has 0 saturated heterocycles. The van der Waals surface area contributed by atoms with Gasteiger partial charge < -0.3 is 19.2 Å². The second-order valence-electron chi connectivity index (χ2n) is 7.01. The maximum absolute atomic E-state index is 13.5. The molecule has 0 radical (unpaired) electrons. The number of nitrogens with one attached hydrogen (secondary N) is 1. The molecule has 0 bridgehead atoms. The largest absolute Gasteiger partial charge is 0.493 e. The highest BCUT2D eigenvalue weighted by Gasteiger charge is 2.35. The van der Waals surface area contributed by atoms with Gasteiger partial charge in [0.05, 0.1) is 36.6 Å². The molecule has 1 N–H and O–H groups in total. The molecule has 0 saturated carbocycles. The second-order valence-corrected chi connectivity index (χ2v) is 8.02. The number of aromatic amines is 1. The van der Waals surface area contributed by atoms with Gasteiger partial charge in [-0.2, -0.15) is 0 Å². The summed E-state index contributed by atoms with van der Waals surface area (Å²) in [5, 5.41) is 0. The summed E-state index contributed by atoms with van der Waals surface area (Å²) in [6.45, 7) is 3.68. The van der Waals surface area contributed by atoms with Crippen LogP contribution in [0.25, 0.3) is 6.08 Å². The zero-order valence-electron chi connectivity index (χ0n) is 18.2. The van der Waals surface area contributed by atoms with Crippen LogP contribution in [0.4, 0.5) is 0 Å². The molecule has 9 heteroatoms. The highest BCUT2D eigenvalue weighted by molar-refractivity contribution is 7.07. The standard InChI is InChI=1S/C23H23N3O5S/c1-5-31-22(28)18-13(2)25-23-26(21(27)17(32-23)12-14-8-7-11-24-14)19(18)15-9-6-10-16(29-3)20(15)30-4/h6-12,19,24H,5H2,1-4H3. The SMILES string of the molecule is CCOC(=O)C1=C(C)N=c2sc(=Cc3ccc[nH]3)c(=O)n2C1c1cccc(OC)c1OC. The van der Waals surface area contributed by atoms with Gasteiger partial charge in [0.15, 0.2) is 16.3 Å². The minimum atomic E-state index is -0.777. The number of esters is 1. The fraction of sp³-hybridized carbons (Fsp3) is 0.261. The van der Waals surface area contributed by atoms with Crippen molar-refractivity contribution in [2.45, 2.75) is 19.9 Å². The number of allylic oxidation sites excluding steroid dienone is 1. The number of fused-ring (bicyclic) bond motifs is 1. The molecule has 1 aliphatic rings. The molecule has 4 rings (SSSR count). The summed E-state index contributed by atoms with van der Waals surface area (Å²) in [5.41, 5.74) is 1.93. The van der Waals surface area contributed by atoms with Gasteiger partial charge in [0.1, 0.15) is 6.04 Å². The van der Waals surface area contributed by atoms with Crippen LogP contribution < -0.4 is 24.4 Å². The van der Waals surface area contributed by atoms with E-state index in [4.69, 9.17) is 14.2 Å². The molecule has 1 atom stereocenters. The van der Waals surface area contributed by atoms with Crippen LogP contribution in [-0.2, 0) is 9.53 Å². The molecule has 3 aromatic rings. The Morgan fingerprint density at radius 2 is 2.06 bits per heavy atom. The molecule has 32 heavy (non-hydrogen) atoms. The highest BCUT2D eigenvalue weighted by Crippen LogP contribution is 2.40. The van der Waals surface area contributed by atoms with Gasteiger partial charge in [0.2, 0.25) is 0 Å². The van der Waals surface area contributed by atoms with E-state index >= 15 is 0 Å². The Bertz CT molecular complexity index is 1370. The van der Waals surface area contributed by atoms with Crippen LogP contribution in [0.15, 0.2) is 57.6 Å². The number of rotatable bonds is 6. The van der Waals surface area contributed by atoms with Crippen LogP contribution in [-0.4, -0.2) is 36.3 Å². The number of methoxy groups -OCH3 is 2. The summed E-state index contributed by atoms with van der Waals surface area (Å²) < 4.78 is 18.4. The molecule has 8 nitrogen and oxygen atoms in total. The first-order valence-electron chi connectivity index (χ1n) is 10.0. The average Bonchev–Trinajstić information content (AvgIpc) is 3.40. The van der Waals surface area contributed by atoms with Crippen molar-refractivity contribution in [1.29, 1.82) is 0 Å². The van der Waals surface area contributed by atoms with E-state index in [1.165, 1.54) is 30.1 Å². The molecule has 166 valence electrons. The zero-order chi connectivity index (χ0) is 22.8. The van der Waals surface area contributed by atoms with Crippen LogP contribution in [0.1, 0.15) is 31.1 Å². The molecule has 0 aliphatic carbocycles.